The van der Waals surface area contributed by atoms with Crippen LogP contribution in [0.25, 0.3) is 5.65 Å². The maximum absolute atomic E-state index is 12.3. The van der Waals surface area contributed by atoms with Crippen LogP contribution in [0.15, 0.2) is 24.4 Å². The van der Waals surface area contributed by atoms with Crippen LogP contribution in [-0.2, 0) is 11.3 Å². The number of hydrogen-bond donors (Lipinski definition) is 0. The summed E-state index contributed by atoms with van der Waals surface area (Å²) in [6.07, 6.45) is 8.89. The van der Waals surface area contributed by atoms with Gasteiger partial charge in [0.05, 0.1) is 6.54 Å². The molecule has 0 spiro atoms. The second-order valence-electron chi connectivity index (χ2n) is 6.00. The standard InChI is InChI=1S/C16H22N4O/c1-19(16(21)11-13-7-3-2-4-8-13)12-15-18-17-14-9-5-6-10-20(14)15/h5-6,9-10,13H,2-4,7-8,11-12H2,1H3. The molecule has 3 rings (SSSR count). The van der Waals surface area contributed by atoms with Crippen LogP contribution < -0.4 is 0 Å². The first-order chi connectivity index (χ1) is 10.2. The SMILES string of the molecule is CN(Cc1nnc2ccccn12)C(=O)CC1CCCCC1. The molecule has 1 saturated carbocycles. The number of hydrogen-bond acceptors (Lipinski definition) is 3. The van der Waals surface area contributed by atoms with Crippen LogP contribution in [0.3, 0.4) is 0 Å². The number of fused-ring (bicyclic) bond motifs is 1. The Kier molecular flexibility index (Phi) is 4.18. The molecule has 5 nitrogen and oxygen atoms in total. The Morgan fingerprint density at radius 2 is 2.10 bits per heavy atom. The van der Waals surface area contributed by atoms with Gasteiger partial charge in [0.1, 0.15) is 0 Å². The minimum atomic E-state index is 0.217. The molecule has 1 fully saturated rings. The minimum absolute atomic E-state index is 0.217. The molecule has 1 amide bonds. The zero-order valence-electron chi connectivity index (χ0n) is 12.5. The molecule has 0 bridgehead atoms. The highest BCUT2D eigenvalue weighted by Crippen LogP contribution is 2.26. The van der Waals surface area contributed by atoms with Crippen molar-refractivity contribution >= 4 is 11.6 Å². The van der Waals surface area contributed by atoms with E-state index in [9.17, 15) is 4.79 Å². The van der Waals surface area contributed by atoms with Gasteiger partial charge < -0.3 is 4.90 Å². The van der Waals surface area contributed by atoms with Crippen molar-refractivity contribution < 1.29 is 4.79 Å². The number of carbonyl (C=O) groups excluding carboxylic acids is 1. The Labute approximate surface area is 125 Å². The van der Waals surface area contributed by atoms with E-state index in [-0.39, 0.29) is 5.91 Å². The number of amides is 1. The summed E-state index contributed by atoms with van der Waals surface area (Å²) in [7, 11) is 1.86. The number of pyridine rings is 1. The van der Waals surface area contributed by atoms with Gasteiger partial charge in [0.2, 0.25) is 5.91 Å². The van der Waals surface area contributed by atoms with Gasteiger partial charge >= 0.3 is 0 Å². The van der Waals surface area contributed by atoms with E-state index in [0.717, 1.165) is 11.5 Å². The van der Waals surface area contributed by atoms with Crippen molar-refractivity contribution in [3.05, 3.63) is 30.2 Å². The highest BCUT2D eigenvalue weighted by molar-refractivity contribution is 5.76. The Hall–Kier alpha value is -1.91. The summed E-state index contributed by atoms with van der Waals surface area (Å²) < 4.78 is 1.93. The van der Waals surface area contributed by atoms with Gasteiger partial charge in [-0.15, -0.1) is 10.2 Å². The van der Waals surface area contributed by atoms with Gasteiger partial charge in [-0.2, -0.15) is 0 Å². The summed E-state index contributed by atoms with van der Waals surface area (Å²) in [4.78, 5) is 14.1. The van der Waals surface area contributed by atoms with Gasteiger partial charge in [-0.1, -0.05) is 25.3 Å². The molecule has 2 aromatic rings. The monoisotopic (exact) mass is 286 g/mol. The molecule has 21 heavy (non-hydrogen) atoms. The van der Waals surface area contributed by atoms with Gasteiger partial charge in [-0.05, 0) is 30.9 Å². The Morgan fingerprint density at radius 1 is 1.29 bits per heavy atom. The van der Waals surface area contributed by atoms with Gasteiger partial charge in [-0.3, -0.25) is 9.20 Å². The lowest BCUT2D eigenvalue weighted by Crippen LogP contribution is -2.29. The Bertz CT molecular complexity index is 616. The molecule has 0 saturated heterocycles. The summed E-state index contributed by atoms with van der Waals surface area (Å²) >= 11 is 0. The lowest BCUT2D eigenvalue weighted by atomic mass is 9.87. The van der Waals surface area contributed by atoms with Crippen molar-refractivity contribution in [1.29, 1.82) is 0 Å². The maximum atomic E-state index is 12.3. The summed E-state index contributed by atoms with van der Waals surface area (Å²) in [6, 6.07) is 5.80. The highest BCUT2D eigenvalue weighted by Gasteiger charge is 2.20. The van der Waals surface area contributed by atoms with Crippen molar-refractivity contribution in [2.45, 2.75) is 45.1 Å². The van der Waals surface area contributed by atoms with E-state index >= 15 is 0 Å². The zero-order valence-corrected chi connectivity index (χ0v) is 12.5. The molecule has 5 heteroatoms. The van der Waals surface area contributed by atoms with Crippen LogP contribution in [-0.4, -0.2) is 32.5 Å². The number of aromatic nitrogens is 3. The quantitative estimate of drug-likeness (QED) is 0.868. The molecule has 0 aliphatic heterocycles. The maximum Gasteiger partial charge on any atom is 0.222 e. The van der Waals surface area contributed by atoms with E-state index in [1.807, 2.05) is 35.8 Å². The summed E-state index contributed by atoms with van der Waals surface area (Å²) in [5.41, 5.74) is 0.820. The van der Waals surface area contributed by atoms with Crippen molar-refractivity contribution in [3.63, 3.8) is 0 Å². The van der Waals surface area contributed by atoms with Crippen LogP contribution in [0, 0.1) is 5.92 Å². The van der Waals surface area contributed by atoms with Crippen molar-refractivity contribution in [3.8, 4) is 0 Å². The van der Waals surface area contributed by atoms with Crippen molar-refractivity contribution in [2.75, 3.05) is 7.05 Å². The van der Waals surface area contributed by atoms with E-state index in [2.05, 4.69) is 10.2 Å². The first-order valence-corrected chi connectivity index (χ1v) is 7.76. The summed E-state index contributed by atoms with van der Waals surface area (Å²) in [5, 5.41) is 8.31. The third-order valence-corrected chi connectivity index (χ3v) is 4.38. The molecule has 0 N–H and O–H groups in total. The van der Waals surface area contributed by atoms with E-state index in [4.69, 9.17) is 0 Å². The van der Waals surface area contributed by atoms with Gasteiger partial charge in [0, 0.05) is 19.7 Å². The predicted octanol–water partition coefficient (Wildman–Crippen LogP) is 2.66. The first-order valence-electron chi connectivity index (χ1n) is 7.76. The molecule has 2 aromatic heterocycles. The highest BCUT2D eigenvalue weighted by atomic mass is 16.2. The molecule has 2 heterocycles. The lowest BCUT2D eigenvalue weighted by molar-refractivity contribution is -0.131. The molecule has 1 aliphatic carbocycles. The predicted molar refractivity (Wildman–Crippen MR) is 80.7 cm³/mol. The third kappa shape index (κ3) is 3.23. The average molecular weight is 286 g/mol. The fourth-order valence-electron chi connectivity index (χ4n) is 3.09. The molecule has 0 radical (unpaired) electrons. The topological polar surface area (TPSA) is 50.5 Å². The van der Waals surface area contributed by atoms with Crippen LogP contribution in [0.5, 0.6) is 0 Å². The molecular weight excluding hydrogens is 264 g/mol. The van der Waals surface area contributed by atoms with E-state index in [1.54, 1.807) is 4.90 Å². The second kappa shape index (κ2) is 6.24. The second-order valence-corrected chi connectivity index (χ2v) is 6.00. The molecule has 0 aromatic carbocycles. The molecule has 0 unspecified atom stereocenters. The Morgan fingerprint density at radius 3 is 2.90 bits per heavy atom. The van der Waals surface area contributed by atoms with Gasteiger partial charge in [0.15, 0.2) is 11.5 Å². The summed E-state index contributed by atoms with van der Waals surface area (Å²) in [5.74, 6) is 1.60. The normalized spacial score (nSPS) is 16.2. The molecule has 0 atom stereocenters. The summed E-state index contributed by atoms with van der Waals surface area (Å²) in [6.45, 7) is 0.511. The van der Waals surface area contributed by atoms with E-state index in [0.29, 0.717) is 18.9 Å². The van der Waals surface area contributed by atoms with Crippen LogP contribution >= 0.6 is 0 Å². The van der Waals surface area contributed by atoms with Gasteiger partial charge in [-0.25, -0.2) is 0 Å². The van der Waals surface area contributed by atoms with Crippen LogP contribution in [0.2, 0.25) is 0 Å². The van der Waals surface area contributed by atoms with Crippen molar-refractivity contribution in [1.82, 2.24) is 19.5 Å². The first kappa shape index (κ1) is 14.0. The number of nitrogens with zero attached hydrogens (tertiary/aromatic N) is 4. The van der Waals surface area contributed by atoms with Crippen LogP contribution in [0.1, 0.15) is 44.3 Å². The lowest BCUT2D eigenvalue weighted by Gasteiger charge is -2.23. The molecular formula is C16H22N4O. The number of carbonyl (C=O) groups is 1. The smallest absolute Gasteiger partial charge is 0.222 e. The van der Waals surface area contributed by atoms with E-state index < -0.39 is 0 Å². The fraction of sp³-hybridized carbons (Fsp3) is 0.562. The fourth-order valence-corrected chi connectivity index (χ4v) is 3.09. The van der Waals surface area contributed by atoms with Crippen LogP contribution in [0.4, 0.5) is 0 Å². The zero-order chi connectivity index (χ0) is 14.7. The largest absolute Gasteiger partial charge is 0.338 e. The Balaban J connectivity index is 1.62. The molecule has 1 aliphatic rings. The van der Waals surface area contributed by atoms with E-state index in [1.165, 1.54) is 32.1 Å². The third-order valence-electron chi connectivity index (χ3n) is 4.38. The van der Waals surface area contributed by atoms with Crippen molar-refractivity contribution in [2.24, 2.45) is 5.92 Å². The minimum Gasteiger partial charge on any atom is -0.338 e. The molecule has 112 valence electrons. The number of rotatable bonds is 4. The average Bonchev–Trinajstić information content (AvgIpc) is 2.91. The van der Waals surface area contributed by atoms with Gasteiger partial charge in [0.25, 0.3) is 0 Å².